The van der Waals surface area contributed by atoms with Gasteiger partial charge in [0.2, 0.25) is 11.8 Å². The van der Waals surface area contributed by atoms with Crippen molar-refractivity contribution in [1.82, 2.24) is 15.6 Å². The second-order valence-electron chi connectivity index (χ2n) is 12.0. The number of para-hydroxylation sites is 1. The minimum atomic E-state index is -0.730. The lowest BCUT2D eigenvalue weighted by Crippen LogP contribution is -2.45. The first kappa shape index (κ1) is 35.8. The molecule has 0 spiro atoms. The van der Waals surface area contributed by atoms with Crippen molar-refractivity contribution in [3.05, 3.63) is 133 Å². The zero-order chi connectivity index (χ0) is 34.3. The summed E-state index contributed by atoms with van der Waals surface area (Å²) in [5, 5.41) is 16.8. The Balaban J connectivity index is 1.45. The van der Waals surface area contributed by atoms with E-state index >= 15 is 0 Å². The fourth-order valence-electron chi connectivity index (χ4n) is 5.76. The summed E-state index contributed by atoms with van der Waals surface area (Å²) >= 11 is 0. The molecule has 48 heavy (non-hydrogen) atoms. The highest BCUT2D eigenvalue weighted by molar-refractivity contribution is 5.87. The normalized spacial score (nSPS) is 13.5. The lowest BCUT2D eigenvalue weighted by atomic mass is 9.96. The number of aliphatic hydroxyl groups is 1. The monoisotopic (exact) mass is 653 g/mol. The van der Waals surface area contributed by atoms with E-state index in [9.17, 15) is 23.9 Å². The fourth-order valence-corrected chi connectivity index (χ4v) is 5.76. The molecule has 4 rings (SSSR count). The highest BCUT2D eigenvalue weighted by Gasteiger charge is 2.27. The summed E-state index contributed by atoms with van der Waals surface area (Å²) < 4.78 is 19.3. The number of carbonyl (C=O) groups excluding carboxylic acids is 3. The van der Waals surface area contributed by atoms with Gasteiger partial charge in [0.1, 0.15) is 12.4 Å². The van der Waals surface area contributed by atoms with Gasteiger partial charge in [0, 0.05) is 23.5 Å². The SMILES string of the molecule is C=CC[C@H](CC(=O)N[C@H](CO)Cc1ccccc1)C(=O)N[C@H](COC(=O)[C@@H](CC=C)Cc1ccc(F)cc1)Cc1c[nH]c2ccccc12. The maximum atomic E-state index is 13.7. The summed E-state index contributed by atoms with van der Waals surface area (Å²) in [5.74, 6) is -2.81. The van der Waals surface area contributed by atoms with Crippen LogP contribution in [-0.4, -0.2) is 53.2 Å². The number of aromatic amines is 1. The fraction of sp³-hybridized carbons (Fsp3) is 0.308. The number of benzene rings is 3. The third-order valence-corrected chi connectivity index (χ3v) is 8.26. The van der Waals surface area contributed by atoms with E-state index in [0.717, 1.165) is 27.6 Å². The van der Waals surface area contributed by atoms with Crippen LogP contribution in [-0.2, 0) is 38.4 Å². The molecule has 0 aliphatic carbocycles. The highest BCUT2D eigenvalue weighted by atomic mass is 19.1. The number of rotatable bonds is 19. The zero-order valence-corrected chi connectivity index (χ0v) is 27.1. The summed E-state index contributed by atoms with van der Waals surface area (Å²) in [7, 11) is 0. The molecule has 0 radical (unpaired) electrons. The van der Waals surface area contributed by atoms with Crippen LogP contribution in [0.15, 0.2) is 110 Å². The Morgan fingerprint density at radius 2 is 1.48 bits per heavy atom. The first-order chi connectivity index (χ1) is 23.3. The number of carbonyl (C=O) groups is 3. The van der Waals surface area contributed by atoms with Crippen LogP contribution in [0.4, 0.5) is 4.39 Å². The van der Waals surface area contributed by atoms with Gasteiger partial charge in [-0.05, 0) is 67.0 Å². The minimum Gasteiger partial charge on any atom is -0.463 e. The van der Waals surface area contributed by atoms with Crippen molar-refractivity contribution >= 4 is 28.7 Å². The molecule has 0 fully saturated rings. The van der Waals surface area contributed by atoms with Crippen LogP contribution in [0.1, 0.15) is 36.0 Å². The van der Waals surface area contributed by atoms with Crippen LogP contribution in [0.5, 0.6) is 0 Å². The Labute approximate surface area is 281 Å². The summed E-state index contributed by atoms with van der Waals surface area (Å²) in [6.45, 7) is 7.21. The quantitative estimate of drug-likeness (QED) is 0.0775. The Kier molecular flexibility index (Phi) is 13.7. The number of aromatic nitrogens is 1. The van der Waals surface area contributed by atoms with Crippen molar-refractivity contribution in [3.63, 3.8) is 0 Å². The number of fused-ring (bicyclic) bond motifs is 1. The third kappa shape index (κ3) is 10.8. The lowest BCUT2D eigenvalue weighted by Gasteiger charge is -2.24. The smallest absolute Gasteiger partial charge is 0.309 e. The molecule has 4 N–H and O–H groups in total. The summed E-state index contributed by atoms with van der Waals surface area (Å²) in [6.07, 6.45) is 6.78. The molecule has 0 aliphatic rings. The molecule has 0 saturated carbocycles. The molecule has 9 heteroatoms. The van der Waals surface area contributed by atoms with Crippen molar-refractivity contribution in [2.75, 3.05) is 13.2 Å². The summed E-state index contributed by atoms with van der Waals surface area (Å²) in [5.41, 5.74) is 3.64. The van der Waals surface area contributed by atoms with Gasteiger partial charge in [-0.3, -0.25) is 14.4 Å². The van der Waals surface area contributed by atoms with Gasteiger partial charge in [-0.15, -0.1) is 13.2 Å². The van der Waals surface area contributed by atoms with Crippen molar-refractivity contribution in [2.45, 2.75) is 50.6 Å². The third-order valence-electron chi connectivity index (χ3n) is 8.26. The molecular weight excluding hydrogens is 609 g/mol. The molecule has 0 aliphatic heterocycles. The molecule has 1 aromatic heterocycles. The number of aliphatic hydroxyl groups excluding tert-OH is 1. The maximum Gasteiger partial charge on any atom is 0.309 e. The van der Waals surface area contributed by atoms with Gasteiger partial charge < -0.3 is 25.5 Å². The van der Waals surface area contributed by atoms with Gasteiger partial charge in [-0.2, -0.15) is 0 Å². The number of ether oxygens (including phenoxy) is 1. The van der Waals surface area contributed by atoms with Crippen molar-refractivity contribution in [3.8, 4) is 0 Å². The Hall–Kier alpha value is -5.02. The Morgan fingerprint density at radius 1 is 0.812 bits per heavy atom. The van der Waals surface area contributed by atoms with Crippen molar-refractivity contribution in [2.24, 2.45) is 11.8 Å². The van der Waals surface area contributed by atoms with E-state index in [1.165, 1.54) is 12.1 Å². The topological polar surface area (TPSA) is 121 Å². The predicted octanol–water partition coefficient (Wildman–Crippen LogP) is 5.61. The average molecular weight is 654 g/mol. The van der Waals surface area contributed by atoms with E-state index in [-0.39, 0.29) is 43.7 Å². The summed E-state index contributed by atoms with van der Waals surface area (Å²) in [4.78, 5) is 43.3. The standard InChI is InChI=1S/C39H44FN3O5/c1-3-10-29(23-37(45)42-33(25-44)21-27-12-6-5-7-13-27)38(46)43-34(22-31-24-41-36-15-9-8-14-35(31)36)26-48-39(47)30(11-4-2)20-28-16-18-32(40)19-17-28/h3-9,12-19,24,29-30,33-34,41,44H,1-2,10-11,20-23,25-26H2,(H,42,45)(H,43,46)/t29-,30+,33+,34+/m1/s1. The van der Waals surface area contributed by atoms with Crippen LogP contribution in [0.3, 0.4) is 0 Å². The van der Waals surface area contributed by atoms with E-state index in [4.69, 9.17) is 4.74 Å². The molecule has 1 heterocycles. The molecule has 2 amide bonds. The van der Waals surface area contributed by atoms with E-state index < -0.39 is 29.9 Å². The van der Waals surface area contributed by atoms with Gasteiger partial charge >= 0.3 is 5.97 Å². The van der Waals surface area contributed by atoms with Gasteiger partial charge in [0.15, 0.2) is 0 Å². The van der Waals surface area contributed by atoms with E-state index in [1.54, 1.807) is 24.3 Å². The number of H-pyrrole nitrogens is 1. The molecule has 4 atom stereocenters. The van der Waals surface area contributed by atoms with Gasteiger partial charge in [-0.25, -0.2) is 4.39 Å². The van der Waals surface area contributed by atoms with Crippen LogP contribution in [0.2, 0.25) is 0 Å². The van der Waals surface area contributed by atoms with E-state index in [0.29, 0.717) is 25.7 Å². The number of amides is 2. The van der Waals surface area contributed by atoms with Crippen LogP contribution >= 0.6 is 0 Å². The van der Waals surface area contributed by atoms with Crippen molar-refractivity contribution in [1.29, 1.82) is 0 Å². The maximum absolute atomic E-state index is 13.7. The first-order valence-electron chi connectivity index (χ1n) is 16.2. The molecule has 252 valence electrons. The van der Waals surface area contributed by atoms with Crippen LogP contribution in [0.25, 0.3) is 10.9 Å². The van der Waals surface area contributed by atoms with Crippen LogP contribution in [0, 0.1) is 17.7 Å². The number of hydrogen-bond acceptors (Lipinski definition) is 5. The molecule has 4 aromatic rings. The largest absolute Gasteiger partial charge is 0.463 e. The molecule has 3 aromatic carbocycles. The lowest BCUT2D eigenvalue weighted by molar-refractivity contribution is -0.149. The van der Waals surface area contributed by atoms with Gasteiger partial charge in [-0.1, -0.05) is 72.8 Å². The minimum absolute atomic E-state index is 0.0994. The second kappa shape index (κ2) is 18.4. The predicted molar refractivity (Wildman–Crippen MR) is 185 cm³/mol. The first-order valence-corrected chi connectivity index (χ1v) is 16.2. The number of nitrogens with one attached hydrogen (secondary N) is 3. The summed E-state index contributed by atoms with van der Waals surface area (Å²) in [6, 6.07) is 22.2. The number of esters is 1. The van der Waals surface area contributed by atoms with Crippen molar-refractivity contribution < 1.29 is 28.6 Å². The zero-order valence-electron chi connectivity index (χ0n) is 27.1. The van der Waals surface area contributed by atoms with Gasteiger partial charge in [0.25, 0.3) is 0 Å². The molecular formula is C39H44FN3O5. The molecule has 8 nitrogen and oxygen atoms in total. The number of hydrogen-bond donors (Lipinski definition) is 4. The van der Waals surface area contributed by atoms with Crippen LogP contribution < -0.4 is 10.6 Å². The second-order valence-corrected chi connectivity index (χ2v) is 12.0. The molecule has 0 unspecified atom stereocenters. The highest BCUT2D eigenvalue weighted by Crippen LogP contribution is 2.21. The molecule has 0 bridgehead atoms. The van der Waals surface area contributed by atoms with E-state index in [2.05, 4.69) is 28.8 Å². The Bertz CT molecular complexity index is 1650. The average Bonchev–Trinajstić information content (AvgIpc) is 3.50. The molecule has 0 saturated heterocycles. The van der Waals surface area contributed by atoms with Gasteiger partial charge in [0.05, 0.1) is 30.5 Å². The number of halogens is 1. The number of allylic oxidation sites excluding steroid dienone is 2. The Morgan fingerprint density at radius 3 is 2.19 bits per heavy atom. The van der Waals surface area contributed by atoms with E-state index in [1.807, 2.05) is 60.8 Å².